The SMILES string of the molecule is Nc1ncc(C(=O)N[C@@H]2C[C@H]3CO[C@@H](c4ccc(Cl)cc4)CN3C2)s1. The van der Waals surface area contributed by atoms with Crippen LogP contribution in [-0.2, 0) is 4.74 Å². The van der Waals surface area contributed by atoms with Crippen molar-refractivity contribution in [3.05, 3.63) is 45.9 Å². The molecule has 25 heavy (non-hydrogen) atoms. The van der Waals surface area contributed by atoms with Gasteiger partial charge in [0, 0.05) is 30.2 Å². The van der Waals surface area contributed by atoms with Crippen molar-refractivity contribution in [1.82, 2.24) is 15.2 Å². The Morgan fingerprint density at radius 1 is 1.36 bits per heavy atom. The summed E-state index contributed by atoms with van der Waals surface area (Å²) in [5.41, 5.74) is 6.73. The lowest BCUT2D eigenvalue weighted by atomic mass is 10.1. The molecule has 1 aromatic heterocycles. The number of carbonyl (C=O) groups excluding carboxylic acids is 1. The topological polar surface area (TPSA) is 80.5 Å². The molecule has 2 aliphatic heterocycles. The molecule has 6 nitrogen and oxygen atoms in total. The van der Waals surface area contributed by atoms with Crippen molar-refractivity contribution in [3.63, 3.8) is 0 Å². The van der Waals surface area contributed by atoms with Crippen LogP contribution >= 0.6 is 22.9 Å². The number of nitrogens with zero attached hydrogens (tertiary/aromatic N) is 2. The van der Waals surface area contributed by atoms with Gasteiger partial charge in [-0.15, -0.1) is 0 Å². The Morgan fingerprint density at radius 2 is 2.16 bits per heavy atom. The van der Waals surface area contributed by atoms with Crippen LogP contribution in [0.5, 0.6) is 0 Å². The summed E-state index contributed by atoms with van der Waals surface area (Å²) in [6, 6.07) is 8.27. The molecule has 132 valence electrons. The van der Waals surface area contributed by atoms with Gasteiger partial charge in [0.2, 0.25) is 0 Å². The number of ether oxygens (including phenoxy) is 1. The number of nitrogens with one attached hydrogen (secondary N) is 1. The van der Waals surface area contributed by atoms with E-state index in [0.29, 0.717) is 22.7 Å². The Hall–Kier alpha value is -1.67. The van der Waals surface area contributed by atoms with Crippen molar-refractivity contribution in [2.75, 3.05) is 25.4 Å². The van der Waals surface area contributed by atoms with Crippen molar-refractivity contribution in [3.8, 4) is 0 Å². The highest BCUT2D eigenvalue weighted by Crippen LogP contribution is 2.31. The third-order valence-electron chi connectivity index (χ3n) is 4.74. The number of hydrogen-bond acceptors (Lipinski definition) is 6. The molecule has 0 radical (unpaired) electrons. The highest BCUT2D eigenvalue weighted by Gasteiger charge is 2.38. The highest BCUT2D eigenvalue weighted by atomic mass is 35.5. The summed E-state index contributed by atoms with van der Waals surface area (Å²) < 4.78 is 6.04. The predicted molar refractivity (Wildman–Crippen MR) is 97.9 cm³/mol. The lowest BCUT2D eigenvalue weighted by Crippen LogP contribution is -2.43. The summed E-state index contributed by atoms with van der Waals surface area (Å²) in [7, 11) is 0. The van der Waals surface area contributed by atoms with Crippen LogP contribution < -0.4 is 11.1 Å². The Balaban J connectivity index is 1.36. The van der Waals surface area contributed by atoms with E-state index in [1.165, 1.54) is 17.5 Å². The van der Waals surface area contributed by atoms with Crippen LogP contribution in [-0.4, -0.2) is 47.6 Å². The van der Waals surface area contributed by atoms with E-state index in [2.05, 4.69) is 15.2 Å². The number of benzene rings is 1. The summed E-state index contributed by atoms with van der Waals surface area (Å²) in [6.07, 6.45) is 2.47. The van der Waals surface area contributed by atoms with E-state index >= 15 is 0 Å². The molecule has 0 aliphatic carbocycles. The van der Waals surface area contributed by atoms with Gasteiger partial charge in [0.1, 0.15) is 4.88 Å². The fourth-order valence-electron chi connectivity index (χ4n) is 3.51. The number of thiazole rings is 1. The van der Waals surface area contributed by atoms with Crippen molar-refractivity contribution >= 4 is 34.0 Å². The first-order chi connectivity index (χ1) is 12.1. The molecular formula is C17H19ClN4O2S. The smallest absolute Gasteiger partial charge is 0.263 e. The highest BCUT2D eigenvalue weighted by molar-refractivity contribution is 7.17. The lowest BCUT2D eigenvalue weighted by Gasteiger charge is -2.35. The molecule has 0 spiro atoms. The Kier molecular flexibility index (Phi) is 4.64. The molecule has 4 rings (SSSR count). The molecule has 1 amide bonds. The number of amides is 1. The van der Waals surface area contributed by atoms with Gasteiger partial charge < -0.3 is 15.8 Å². The monoisotopic (exact) mass is 378 g/mol. The van der Waals surface area contributed by atoms with E-state index in [0.717, 1.165) is 30.1 Å². The molecule has 3 atom stereocenters. The molecule has 8 heteroatoms. The summed E-state index contributed by atoms with van der Waals surface area (Å²) in [4.78, 5) is 19.2. The average molecular weight is 379 g/mol. The van der Waals surface area contributed by atoms with Gasteiger partial charge in [-0.1, -0.05) is 35.1 Å². The summed E-state index contributed by atoms with van der Waals surface area (Å²) in [5.74, 6) is -0.103. The van der Waals surface area contributed by atoms with Crippen LogP contribution in [0.4, 0.5) is 5.13 Å². The number of anilines is 1. The molecule has 2 aromatic rings. The number of carbonyl (C=O) groups is 1. The molecule has 0 unspecified atom stereocenters. The number of aromatic nitrogens is 1. The van der Waals surface area contributed by atoms with Gasteiger partial charge in [0.15, 0.2) is 5.13 Å². The summed E-state index contributed by atoms with van der Waals surface area (Å²) in [5, 5.41) is 4.23. The van der Waals surface area contributed by atoms with Crippen molar-refractivity contribution in [1.29, 1.82) is 0 Å². The van der Waals surface area contributed by atoms with Crippen LogP contribution in [0.25, 0.3) is 0 Å². The zero-order valence-electron chi connectivity index (χ0n) is 13.5. The standard InChI is InChI=1S/C17H19ClN4O2S/c18-11-3-1-10(2-4-11)14-8-22-7-12(5-13(22)9-24-14)21-16(23)15-6-20-17(19)25-15/h1-4,6,12-14H,5,7-9H2,(H2,19,20)(H,21,23)/t12-,13+,14-/m1/s1. The lowest BCUT2D eigenvalue weighted by molar-refractivity contribution is -0.0502. The molecule has 3 N–H and O–H groups in total. The van der Waals surface area contributed by atoms with Crippen molar-refractivity contribution in [2.24, 2.45) is 0 Å². The molecule has 2 saturated heterocycles. The maximum atomic E-state index is 12.3. The quantitative estimate of drug-likeness (QED) is 0.856. The molecule has 2 aliphatic rings. The molecule has 3 heterocycles. The number of halogens is 1. The van der Waals surface area contributed by atoms with E-state index < -0.39 is 0 Å². The zero-order valence-corrected chi connectivity index (χ0v) is 15.1. The maximum Gasteiger partial charge on any atom is 0.263 e. The van der Waals surface area contributed by atoms with Crippen LogP contribution in [0.3, 0.4) is 0 Å². The third-order valence-corrected chi connectivity index (χ3v) is 5.82. The minimum atomic E-state index is -0.103. The zero-order chi connectivity index (χ0) is 17.4. The van der Waals surface area contributed by atoms with E-state index in [-0.39, 0.29) is 18.1 Å². The summed E-state index contributed by atoms with van der Waals surface area (Å²) >= 11 is 7.17. The third kappa shape index (κ3) is 3.64. The fraction of sp³-hybridized carbons (Fsp3) is 0.412. The van der Waals surface area contributed by atoms with Crippen molar-refractivity contribution in [2.45, 2.75) is 24.6 Å². The summed E-state index contributed by atoms with van der Waals surface area (Å²) in [6.45, 7) is 2.33. The van der Waals surface area contributed by atoms with Gasteiger partial charge in [-0.3, -0.25) is 9.69 Å². The second-order valence-corrected chi connectivity index (χ2v) is 7.95. The van der Waals surface area contributed by atoms with Gasteiger partial charge >= 0.3 is 0 Å². The minimum absolute atomic E-state index is 0.0456. The molecular weight excluding hydrogens is 360 g/mol. The first-order valence-electron chi connectivity index (χ1n) is 8.22. The number of hydrogen-bond donors (Lipinski definition) is 2. The van der Waals surface area contributed by atoms with Gasteiger partial charge in [0.05, 0.1) is 18.9 Å². The van der Waals surface area contributed by atoms with Crippen LogP contribution in [0.1, 0.15) is 27.8 Å². The van der Waals surface area contributed by atoms with E-state index in [4.69, 9.17) is 22.1 Å². The number of morpholine rings is 1. The second kappa shape index (κ2) is 6.92. The number of nitrogens with two attached hydrogens (primary N) is 1. The number of fused-ring (bicyclic) bond motifs is 1. The first-order valence-corrected chi connectivity index (χ1v) is 9.41. The van der Waals surface area contributed by atoms with Gasteiger partial charge in [-0.05, 0) is 24.1 Å². The first kappa shape index (κ1) is 16.8. The average Bonchev–Trinajstić information content (AvgIpc) is 3.20. The Labute approximate surface area is 154 Å². The van der Waals surface area contributed by atoms with Crippen LogP contribution in [0.15, 0.2) is 30.5 Å². The second-order valence-electron chi connectivity index (χ2n) is 6.45. The normalized spacial score (nSPS) is 26.4. The maximum absolute atomic E-state index is 12.3. The van der Waals surface area contributed by atoms with E-state index in [9.17, 15) is 4.79 Å². The Morgan fingerprint density at radius 3 is 2.88 bits per heavy atom. The van der Waals surface area contributed by atoms with Gasteiger partial charge in [-0.25, -0.2) is 4.98 Å². The predicted octanol–water partition coefficient (Wildman–Crippen LogP) is 2.32. The minimum Gasteiger partial charge on any atom is -0.375 e. The van der Waals surface area contributed by atoms with E-state index in [1.807, 2.05) is 24.3 Å². The number of nitrogen functional groups attached to an aromatic ring is 1. The molecule has 0 saturated carbocycles. The van der Waals surface area contributed by atoms with E-state index in [1.54, 1.807) is 0 Å². The number of rotatable bonds is 3. The molecule has 2 fully saturated rings. The van der Waals surface area contributed by atoms with Gasteiger partial charge in [-0.2, -0.15) is 0 Å². The molecule has 1 aromatic carbocycles. The fourth-order valence-corrected chi connectivity index (χ4v) is 4.22. The largest absolute Gasteiger partial charge is 0.375 e. The van der Waals surface area contributed by atoms with Crippen LogP contribution in [0, 0.1) is 0 Å². The van der Waals surface area contributed by atoms with Crippen molar-refractivity contribution < 1.29 is 9.53 Å². The van der Waals surface area contributed by atoms with Crippen LogP contribution in [0.2, 0.25) is 5.02 Å². The molecule has 0 bridgehead atoms. The van der Waals surface area contributed by atoms with Gasteiger partial charge in [0.25, 0.3) is 5.91 Å². The Bertz CT molecular complexity index is 766.